The Labute approximate surface area is 135 Å². The lowest BCUT2D eigenvalue weighted by atomic mass is 9.79. The van der Waals surface area contributed by atoms with Crippen molar-refractivity contribution in [3.63, 3.8) is 0 Å². The van der Waals surface area contributed by atoms with Crippen LogP contribution in [0.5, 0.6) is 5.75 Å². The summed E-state index contributed by atoms with van der Waals surface area (Å²) in [5.74, 6) is 2.10. The zero-order valence-corrected chi connectivity index (χ0v) is 14.6. The van der Waals surface area contributed by atoms with E-state index in [2.05, 4.69) is 43.9 Å². The molecule has 0 spiro atoms. The van der Waals surface area contributed by atoms with Crippen molar-refractivity contribution in [3.05, 3.63) is 29.3 Å². The van der Waals surface area contributed by atoms with E-state index in [0.29, 0.717) is 31.0 Å². The first kappa shape index (κ1) is 17.3. The number of benzene rings is 1. The smallest absolute Gasteiger partial charge is 0.122 e. The molecule has 22 heavy (non-hydrogen) atoms. The molecule has 1 unspecified atom stereocenters. The van der Waals surface area contributed by atoms with E-state index in [1.807, 2.05) is 6.92 Å². The van der Waals surface area contributed by atoms with E-state index in [1.54, 1.807) is 0 Å². The molecule has 124 valence electrons. The third-order valence-corrected chi connectivity index (χ3v) is 4.99. The maximum atomic E-state index is 6.18. The van der Waals surface area contributed by atoms with Gasteiger partial charge in [0.1, 0.15) is 5.75 Å². The number of ether oxygens (including phenoxy) is 1. The molecule has 0 amide bonds. The van der Waals surface area contributed by atoms with Gasteiger partial charge in [0.25, 0.3) is 0 Å². The van der Waals surface area contributed by atoms with Crippen molar-refractivity contribution >= 4 is 0 Å². The zero-order chi connectivity index (χ0) is 16.1. The zero-order valence-electron chi connectivity index (χ0n) is 14.6. The molecule has 0 aliphatic carbocycles. The molecule has 0 aromatic heterocycles. The van der Waals surface area contributed by atoms with Gasteiger partial charge in [-0.05, 0) is 77.7 Å². The molecule has 1 atom stereocenters. The van der Waals surface area contributed by atoms with Crippen molar-refractivity contribution in [1.29, 1.82) is 0 Å². The summed E-state index contributed by atoms with van der Waals surface area (Å²) in [4.78, 5) is 2.57. The van der Waals surface area contributed by atoms with E-state index in [0.717, 1.165) is 5.75 Å². The SMILES string of the molecule is CCOc1ccc(C)cc1C(CN)C1CCN(C(C)C)CC1. The normalized spacial score (nSPS) is 18.6. The second kappa shape index (κ2) is 7.98. The Morgan fingerprint density at radius 2 is 1.95 bits per heavy atom. The van der Waals surface area contributed by atoms with Gasteiger partial charge in [-0.2, -0.15) is 0 Å². The fraction of sp³-hybridized carbons (Fsp3) is 0.684. The van der Waals surface area contributed by atoms with E-state index >= 15 is 0 Å². The van der Waals surface area contributed by atoms with Gasteiger partial charge in [0, 0.05) is 12.0 Å². The van der Waals surface area contributed by atoms with Crippen LogP contribution < -0.4 is 10.5 Å². The lowest BCUT2D eigenvalue weighted by molar-refractivity contribution is 0.137. The number of rotatable bonds is 6. The molecule has 1 aromatic carbocycles. The molecule has 2 N–H and O–H groups in total. The molecular formula is C19H32N2O. The van der Waals surface area contributed by atoms with Crippen LogP contribution in [0.3, 0.4) is 0 Å². The number of nitrogens with two attached hydrogens (primary N) is 1. The quantitative estimate of drug-likeness (QED) is 0.873. The van der Waals surface area contributed by atoms with Crippen LogP contribution in [0.2, 0.25) is 0 Å². The topological polar surface area (TPSA) is 38.5 Å². The van der Waals surface area contributed by atoms with Crippen molar-refractivity contribution in [2.75, 3.05) is 26.2 Å². The molecule has 1 heterocycles. The molecule has 1 saturated heterocycles. The number of piperidine rings is 1. The van der Waals surface area contributed by atoms with E-state index in [4.69, 9.17) is 10.5 Å². The summed E-state index contributed by atoms with van der Waals surface area (Å²) in [6.07, 6.45) is 2.47. The lowest BCUT2D eigenvalue weighted by Crippen LogP contribution is -2.40. The predicted molar refractivity (Wildman–Crippen MR) is 93.6 cm³/mol. The van der Waals surface area contributed by atoms with Crippen molar-refractivity contribution in [1.82, 2.24) is 4.90 Å². The van der Waals surface area contributed by atoms with Crippen LogP contribution in [0, 0.1) is 12.8 Å². The summed E-state index contributed by atoms with van der Waals surface area (Å²) >= 11 is 0. The Balaban J connectivity index is 2.16. The Bertz CT molecular complexity index is 465. The highest BCUT2D eigenvalue weighted by Crippen LogP contribution is 2.37. The van der Waals surface area contributed by atoms with Gasteiger partial charge in [-0.25, -0.2) is 0 Å². The molecule has 3 heteroatoms. The lowest BCUT2D eigenvalue weighted by Gasteiger charge is -2.38. The van der Waals surface area contributed by atoms with Crippen LogP contribution in [-0.2, 0) is 0 Å². The number of likely N-dealkylation sites (tertiary alicyclic amines) is 1. The highest BCUT2D eigenvalue weighted by molar-refractivity contribution is 5.40. The Hall–Kier alpha value is -1.06. The summed E-state index contributed by atoms with van der Waals surface area (Å²) in [5, 5.41) is 0. The number of aryl methyl sites for hydroxylation is 1. The molecule has 1 aromatic rings. The first-order valence-electron chi connectivity index (χ1n) is 8.74. The minimum absolute atomic E-state index is 0.413. The summed E-state index contributed by atoms with van der Waals surface area (Å²) in [5.41, 5.74) is 8.78. The average molecular weight is 304 g/mol. The molecule has 2 rings (SSSR count). The summed E-state index contributed by atoms with van der Waals surface area (Å²) < 4.78 is 5.86. The summed E-state index contributed by atoms with van der Waals surface area (Å²) in [7, 11) is 0. The van der Waals surface area contributed by atoms with Crippen molar-refractivity contribution < 1.29 is 4.74 Å². The largest absolute Gasteiger partial charge is 0.494 e. The fourth-order valence-electron chi connectivity index (χ4n) is 3.66. The number of hydrogen-bond acceptors (Lipinski definition) is 3. The maximum Gasteiger partial charge on any atom is 0.122 e. The van der Waals surface area contributed by atoms with Crippen molar-refractivity contribution in [3.8, 4) is 5.75 Å². The maximum absolute atomic E-state index is 6.18. The molecule has 0 radical (unpaired) electrons. The molecule has 3 nitrogen and oxygen atoms in total. The van der Waals surface area contributed by atoms with Crippen LogP contribution in [0.1, 0.15) is 50.7 Å². The van der Waals surface area contributed by atoms with E-state index in [-0.39, 0.29) is 0 Å². The average Bonchev–Trinajstić information content (AvgIpc) is 2.51. The molecule has 0 bridgehead atoms. The van der Waals surface area contributed by atoms with Gasteiger partial charge in [-0.1, -0.05) is 17.7 Å². The van der Waals surface area contributed by atoms with E-state index in [1.165, 1.54) is 37.1 Å². The van der Waals surface area contributed by atoms with Crippen molar-refractivity contribution in [2.45, 2.75) is 52.5 Å². The van der Waals surface area contributed by atoms with E-state index < -0.39 is 0 Å². The second-order valence-corrected chi connectivity index (χ2v) is 6.78. The molecule has 1 aliphatic heterocycles. The standard InChI is InChI=1S/C19H32N2O/c1-5-22-19-7-6-15(4)12-17(19)18(13-20)16-8-10-21(11-9-16)14(2)3/h6-7,12,14,16,18H,5,8-11,13,20H2,1-4H3. The second-order valence-electron chi connectivity index (χ2n) is 6.78. The Morgan fingerprint density at radius 1 is 1.27 bits per heavy atom. The minimum atomic E-state index is 0.413. The van der Waals surface area contributed by atoms with Crippen LogP contribution >= 0.6 is 0 Å². The van der Waals surface area contributed by atoms with Gasteiger partial charge >= 0.3 is 0 Å². The van der Waals surface area contributed by atoms with Crippen LogP contribution in [0.15, 0.2) is 18.2 Å². The third-order valence-electron chi connectivity index (χ3n) is 4.99. The summed E-state index contributed by atoms with van der Waals surface area (Å²) in [6.45, 7) is 12.6. The fourth-order valence-corrected chi connectivity index (χ4v) is 3.66. The number of nitrogens with zero attached hydrogens (tertiary/aromatic N) is 1. The van der Waals surface area contributed by atoms with Crippen LogP contribution in [-0.4, -0.2) is 37.2 Å². The van der Waals surface area contributed by atoms with Gasteiger partial charge in [0.15, 0.2) is 0 Å². The van der Waals surface area contributed by atoms with Crippen molar-refractivity contribution in [2.24, 2.45) is 11.7 Å². The van der Waals surface area contributed by atoms with Gasteiger partial charge in [-0.3, -0.25) is 0 Å². The highest BCUT2D eigenvalue weighted by Gasteiger charge is 2.29. The van der Waals surface area contributed by atoms with Crippen LogP contribution in [0.25, 0.3) is 0 Å². The molecule has 1 fully saturated rings. The highest BCUT2D eigenvalue weighted by atomic mass is 16.5. The Kier molecular flexibility index (Phi) is 6.27. The van der Waals surface area contributed by atoms with Gasteiger partial charge in [0.2, 0.25) is 0 Å². The molecule has 0 saturated carbocycles. The number of hydrogen-bond donors (Lipinski definition) is 1. The van der Waals surface area contributed by atoms with Crippen LogP contribution in [0.4, 0.5) is 0 Å². The van der Waals surface area contributed by atoms with Gasteiger partial charge in [-0.15, -0.1) is 0 Å². The first-order chi connectivity index (χ1) is 10.6. The molecular weight excluding hydrogens is 272 g/mol. The Morgan fingerprint density at radius 3 is 2.50 bits per heavy atom. The van der Waals surface area contributed by atoms with Gasteiger partial charge < -0.3 is 15.4 Å². The summed E-state index contributed by atoms with van der Waals surface area (Å²) in [6, 6.07) is 7.16. The first-order valence-corrected chi connectivity index (χ1v) is 8.74. The van der Waals surface area contributed by atoms with Gasteiger partial charge in [0.05, 0.1) is 6.61 Å². The monoisotopic (exact) mass is 304 g/mol. The molecule has 1 aliphatic rings. The predicted octanol–water partition coefficient (Wildman–Crippen LogP) is 3.56. The third kappa shape index (κ3) is 4.02. The van der Waals surface area contributed by atoms with E-state index in [9.17, 15) is 0 Å². The minimum Gasteiger partial charge on any atom is -0.494 e.